The molecule has 0 aliphatic carbocycles. The Morgan fingerprint density at radius 3 is 2.79 bits per heavy atom. The second kappa shape index (κ2) is 8.14. The summed E-state index contributed by atoms with van der Waals surface area (Å²) in [5.41, 5.74) is 1.53. The maximum atomic E-state index is 14.0. The Hall–Kier alpha value is -2.83. The van der Waals surface area contributed by atoms with Gasteiger partial charge in [-0.1, -0.05) is 0 Å². The number of aromatic amines is 1. The summed E-state index contributed by atoms with van der Waals surface area (Å²) < 4.78 is 49.5. The molecule has 8 nitrogen and oxygen atoms in total. The average Bonchev–Trinajstić information content (AvgIpc) is 3.44. The number of alkyl halides is 3. The number of imidazole rings is 1. The summed E-state index contributed by atoms with van der Waals surface area (Å²) in [7, 11) is 0. The third kappa shape index (κ3) is 3.89. The van der Waals surface area contributed by atoms with E-state index in [1.165, 1.54) is 17.4 Å². The molecule has 0 spiro atoms. The van der Waals surface area contributed by atoms with Gasteiger partial charge in [0.2, 0.25) is 0 Å². The molecule has 6 rings (SSSR count). The molecule has 0 radical (unpaired) electrons. The lowest BCUT2D eigenvalue weighted by Crippen LogP contribution is -2.32. The SMILES string of the molecule is Cc1nnc(-c2cc3c(nc(Cc4nc5c(cc4C(F)(F)F)CCNC5)n3C[C@@H]3CCO3)s2)[nH]1. The van der Waals surface area contributed by atoms with E-state index in [9.17, 15) is 13.2 Å². The van der Waals surface area contributed by atoms with Gasteiger partial charge in [0.15, 0.2) is 5.82 Å². The second-order valence-electron chi connectivity index (χ2n) is 8.67. The molecule has 6 heterocycles. The minimum Gasteiger partial charge on any atom is -0.376 e. The molecule has 4 aromatic heterocycles. The zero-order valence-corrected chi connectivity index (χ0v) is 19.2. The van der Waals surface area contributed by atoms with E-state index in [0.717, 1.165) is 21.6 Å². The zero-order valence-electron chi connectivity index (χ0n) is 18.4. The Kier molecular flexibility index (Phi) is 5.19. The summed E-state index contributed by atoms with van der Waals surface area (Å²) in [6.45, 7) is 4.18. The molecule has 1 atom stereocenters. The van der Waals surface area contributed by atoms with Crippen LogP contribution in [0.4, 0.5) is 13.2 Å². The first-order valence-corrected chi connectivity index (χ1v) is 12.0. The zero-order chi connectivity index (χ0) is 23.4. The monoisotopic (exact) mass is 489 g/mol. The van der Waals surface area contributed by atoms with Gasteiger partial charge in [0.1, 0.15) is 16.5 Å². The van der Waals surface area contributed by atoms with E-state index in [4.69, 9.17) is 9.72 Å². The maximum Gasteiger partial charge on any atom is 0.418 e. The second-order valence-corrected chi connectivity index (χ2v) is 9.70. The summed E-state index contributed by atoms with van der Waals surface area (Å²) in [6.07, 6.45) is -3.01. The molecule has 34 heavy (non-hydrogen) atoms. The molecular formula is C22H22F3N7OS. The Bertz CT molecular complexity index is 1370. The van der Waals surface area contributed by atoms with Crippen LogP contribution >= 0.6 is 11.3 Å². The highest BCUT2D eigenvalue weighted by atomic mass is 32.1. The van der Waals surface area contributed by atoms with Crippen LogP contribution in [-0.2, 0) is 36.8 Å². The van der Waals surface area contributed by atoms with Gasteiger partial charge < -0.3 is 19.6 Å². The molecule has 0 unspecified atom stereocenters. The molecule has 2 aliphatic heterocycles. The molecule has 0 amide bonds. The van der Waals surface area contributed by atoms with Crippen LogP contribution < -0.4 is 5.32 Å². The number of nitrogens with one attached hydrogen (secondary N) is 2. The highest BCUT2D eigenvalue weighted by molar-refractivity contribution is 7.21. The van der Waals surface area contributed by atoms with Gasteiger partial charge in [0.05, 0.1) is 40.0 Å². The maximum absolute atomic E-state index is 14.0. The molecule has 2 aliphatic rings. The van der Waals surface area contributed by atoms with Gasteiger partial charge in [-0.2, -0.15) is 13.2 Å². The fourth-order valence-corrected chi connectivity index (χ4v) is 5.46. The molecule has 178 valence electrons. The van der Waals surface area contributed by atoms with Gasteiger partial charge in [-0.15, -0.1) is 21.5 Å². The highest BCUT2D eigenvalue weighted by Gasteiger charge is 2.36. The van der Waals surface area contributed by atoms with Gasteiger partial charge >= 0.3 is 6.18 Å². The van der Waals surface area contributed by atoms with E-state index >= 15 is 0 Å². The minimum absolute atomic E-state index is 0.00695. The first kappa shape index (κ1) is 21.7. The van der Waals surface area contributed by atoms with Crippen LogP contribution in [0.1, 0.15) is 40.6 Å². The number of pyridine rings is 1. The summed E-state index contributed by atoms with van der Waals surface area (Å²) >= 11 is 1.44. The van der Waals surface area contributed by atoms with Crippen molar-refractivity contribution in [3.05, 3.63) is 46.3 Å². The molecule has 0 saturated carbocycles. The fourth-order valence-electron chi connectivity index (χ4n) is 4.47. The summed E-state index contributed by atoms with van der Waals surface area (Å²) in [6, 6.07) is 3.23. The standard InChI is InChI=1S/C22H22F3N7OS/c1-11-27-20(31-30-11)18-8-17-21(34-18)29-19(32(17)10-13-3-5-33-13)7-15-14(22(23,24)25)6-12-2-4-26-9-16(12)28-15/h6,8,13,26H,2-5,7,9-10H2,1H3,(H,27,30,31)/t13-/m0/s1. The molecule has 12 heteroatoms. The number of halogens is 3. The van der Waals surface area contributed by atoms with Gasteiger partial charge in [0.25, 0.3) is 0 Å². The van der Waals surface area contributed by atoms with E-state index in [1.807, 2.05) is 17.6 Å². The molecule has 0 aromatic carbocycles. The van der Waals surface area contributed by atoms with Crippen molar-refractivity contribution in [2.75, 3.05) is 13.2 Å². The average molecular weight is 490 g/mol. The molecule has 2 N–H and O–H groups in total. The van der Waals surface area contributed by atoms with Crippen LogP contribution in [0, 0.1) is 6.92 Å². The van der Waals surface area contributed by atoms with Gasteiger partial charge in [-0.3, -0.25) is 4.98 Å². The van der Waals surface area contributed by atoms with Crippen LogP contribution in [0.15, 0.2) is 12.1 Å². The number of H-pyrrole nitrogens is 1. The highest BCUT2D eigenvalue weighted by Crippen LogP contribution is 2.36. The lowest BCUT2D eigenvalue weighted by molar-refractivity contribution is -0.138. The lowest BCUT2D eigenvalue weighted by Gasteiger charge is -2.27. The summed E-state index contributed by atoms with van der Waals surface area (Å²) in [5, 5.41) is 11.4. The number of rotatable bonds is 5. The number of aryl methyl sites for hydroxylation is 1. The number of ether oxygens (including phenoxy) is 1. The number of hydrogen-bond acceptors (Lipinski definition) is 7. The van der Waals surface area contributed by atoms with Crippen molar-refractivity contribution < 1.29 is 17.9 Å². The van der Waals surface area contributed by atoms with E-state index in [2.05, 4.69) is 25.5 Å². The van der Waals surface area contributed by atoms with Crippen LogP contribution in [-0.4, -0.2) is 49.0 Å². The molecule has 4 aromatic rings. The van der Waals surface area contributed by atoms with Gasteiger partial charge in [-0.05, 0) is 44.0 Å². The van der Waals surface area contributed by atoms with Crippen LogP contribution in [0.2, 0.25) is 0 Å². The third-order valence-electron chi connectivity index (χ3n) is 6.30. The molecule has 1 saturated heterocycles. The Morgan fingerprint density at radius 1 is 1.24 bits per heavy atom. The first-order valence-electron chi connectivity index (χ1n) is 11.1. The van der Waals surface area contributed by atoms with Crippen LogP contribution in [0.5, 0.6) is 0 Å². The van der Waals surface area contributed by atoms with Gasteiger partial charge in [-0.25, -0.2) is 4.98 Å². The quantitative estimate of drug-likeness (QED) is 0.445. The number of aromatic nitrogens is 6. The summed E-state index contributed by atoms with van der Waals surface area (Å²) in [5.74, 6) is 1.91. The predicted octanol–water partition coefficient (Wildman–Crippen LogP) is 3.63. The van der Waals surface area contributed by atoms with Crippen molar-refractivity contribution in [2.45, 2.75) is 51.6 Å². The van der Waals surface area contributed by atoms with Gasteiger partial charge in [0, 0.05) is 19.6 Å². The van der Waals surface area contributed by atoms with E-state index < -0.39 is 11.7 Å². The van der Waals surface area contributed by atoms with E-state index in [1.54, 1.807) is 0 Å². The fraction of sp³-hybridized carbons (Fsp3) is 0.455. The topological polar surface area (TPSA) is 93.5 Å². The third-order valence-corrected chi connectivity index (χ3v) is 7.33. The van der Waals surface area contributed by atoms with Crippen LogP contribution in [0.25, 0.3) is 21.0 Å². The normalized spacial score (nSPS) is 18.3. The number of nitrogens with zero attached hydrogens (tertiary/aromatic N) is 5. The predicted molar refractivity (Wildman–Crippen MR) is 120 cm³/mol. The first-order chi connectivity index (χ1) is 16.3. The van der Waals surface area contributed by atoms with Crippen molar-refractivity contribution in [2.24, 2.45) is 0 Å². The van der Waals surface area contributed by atoms with Crippen molar-refractivity contribution in [3.63, 3.8) is 0 Å². The van der Waals surface area contributed by atoms with Crippen molar-refractivity contribution in [1.29, 1.82) is 0 Å². The van der Waals surface area contributed by atoms with Crippen molar-refractivity contribution in [1.82, 2.24) is 35.0 Å². The molecular weight excluding hydrogens is 467 g/mol. The number of fused-ring (bicyclic) bond motifs is 2. The Balaban J connectivity index is 1.43. The Morgan fingerprint density at radius 2 is 2.09 bits per heavy atom. The molecule has 1 fully saturated rings. The lowest BCUT2D eigenvalue weighted by atomic mass is 10.0. The number of thiophene rings is 1. The van der Waals surface area contributed by atoms with Crippen LogP contribution in [0.3, 0.4) is 0 Å². The minimum atomic E-state index is -4.48. The van der Waals surface area contributed by atoms with Crippen molar-refractivity contribution >= 4 is 21.7 Å². The summed E-state index contributed by atoms with van der Waals surface area (Å²) in [4.78, 5) is 14.0. The van der Waals surface area contributed by atoms with E-state index in [0.29, 0.717) is 61.4 Å². The van der Waals surface area contributed by atoms with Crippen molar-refractivity contribution in [3.8, 4) is 10.7 Å². The smallest absolute Gasteiger partial charge is 0.376 e. The Labute approximate surface area is 196 Å². The largest absolute Gasteiger partial charge is 0.418 e. The molecule has 0 bridgehead atoms. The number of hydrogen-bond donors (Lipinski definition) is 2. The van der Waals surface area contributed by atoms with E-state index in [-0.39, 0.29) is 18.2 Å².